The van der Waals surface area contributed by atoms with E-state index in [1.165, 1.54) is 20.0 Å². The molecular weight excluding hydrogens is 322 g/mol. The van der Waals surface area contributed by atoms with Gasteiger partial charge in [-0.25, -0.2) is 4.98 Å². The number of aromatic nitrogens is 1. The zero-order chi connectivity index (χ0) is 17.9. The number of carboxylic acids is 1. The van der Waals surface area contributed by atoms with Gasteiger partial charge in [-0.05, 0) is 0 Å². The molecule has 1 fully saturated rings. The lowest BCUT2D eigenvalue weighted by molar-refractivity contribution is -0.182. The van der Waals surface area contributed by atoms with Gasteiger partial charge in [0.05, 0.1) is 18.5 Å². The SMILES string of the molecule is CCc1cnc([C@H]2O[C@@H](OC(C)=O)[C@H](CC(=O)O)[C@H]2OC(C)=O)o1. The summed E-state index contributed by atoms with van der Waals surface area (Å²) in [6.07, 6.45) is -1.42. The largest absolute Gasteiger partial charge is 0.481 e. The Morgan fingerprint density at radius 2 is 1.92 bits per heavy atom. The number of carbonyl (C=O) groups excluding carboxylic acids is 2. The molecule has 0 saturated carbocycles. The van der Waals surface area contributed by atoms with E-state index >= 15 is 0 Å². The van der Waals surface area contributed by atoms with Crippen LogP contribution in [-0.2, 0) is 35.0 Å². The van der Waals surface area contributed by atoms with E-state index in [-0.39, 0.29) is 5.89 Å². The van der Waals surface area contributed by atoms with Crippen LogP contribution >= 0.6 is 0 Å². The van der Waals surface area contributed by atoms with Gasteiger partial charge in [0, 0.05) is 20.3 Å². The van der Waals surface area contributed by atoms with Crippen molar-refractivity contribution < 1.29 is 38.1 Å². The molecule has 0 radical (unpaired) electrons. The summed E-state index contributed by atoms with van der Waals surface area (Å²) in [6, 6.07) is 0. The third-order valence-corrected chi connectivity index (χ3v) is 3.51. The summed E-state index contributed by atoms with van der Waals surface area (Å²) in [7, 11) is 0. The molecule has 1 aromatic rings. The average Bonchev–Trinajstić information content (AvgIpc) is 3.05. The van der Waals surface area contributed by atoms with E-state index in [0.29, 0.717) is 12.2 Å². The van der Waals surface area contributed by atoms with E-state index in [4.69, 9.17) is 23.7 Å². The fourth-order valence-electron chi connectivity index (χ4n) is 2.55. The van der Waals surface area contributed by atoms with E-state index < -0.39 is 48.7 Å². The van der Waals surface area contributed by atoms with Crippen molar-refractivity contribution in [3.8, 4) is 0 Å². The Morgan fingerprint density at radius 1 is 1.25 bits per heavy atom. The Balaban J connectivity index is 2.34. The maximum atomic E-state index is 11.4. The highest BCUT2D eigenvalue weighted by atomic mass is 16.7. The minimum Gasteiger partial charge on any atom is -0.481 e. The Labute approximate surface area is 137 Å². The van der Waals surface area contributed by atoms with Gasteiger partial charge in [0.1, 0.15) is 11.9 Å². The molecule has 132 valence electrons. The van der Waals surface area contributed by atoms with Gasteiger partial charge in [-0.15, -0.1) is 0 Å². The maximum Gasteiger partial charge on any atom is 0.304 e. The molecular formula is C15H19NO8. The van der Waals surface area contributed by atoms with Crippen LogP contribution in [0.1, 0.15) is 44.9 Å². The molecule has 0 bridgehead atoms. The maximum absolute atomic E-state index is 11.4. The molecule has 9 nitrogen and oxygen atoms in total. The quantitative estimate of drug-likeness (QED) is 0.760. The zero-order valence-electron chi connectivity index (χ0n) is 13.6. The number of esters is 2. The van der Waals surface area contributed by atoms with Crippen LogP contribution in [0.25, 0.3) is 0 Å². The number of carbonyl (C=O) groups is 3. The molecule has 0 aromatic carbocycles. The molecule has 0 amide bonds. The first-order valence-electron chi connectivity index (χ1n) is 7.48. The van der Waals surface area contributed by atoms with E-state index in [2.05, 4.69) is 4.98 Å². The molecule has 24 heavy (non-hydrogen) atoms. The van der Waals surface area contributed by atoms with Gasteiger partial charge in [-0.2, -0.15) is 0 Å². The van der Waals surface area contributed by atoms with Gasteiger partial charge >= 0.3 is 17.9 Å². The number of aliphatic carboxylic acids is 1. The fraction of sp³-hybridized carbons (Fsp3) is 0.600. The van der Waals surface area contributed by atoms with Crippen molar-refractivity contribution in [1.82, 2.24) is 4.98 Å². The van der Waals surface area contributed by atoms with Crippen LogP contribution in [-0.4, -0.2) is 40.4 Å². The summed E-state index contributed by atoms with van der Waals surface area (Å²) in [5.74, 6) is -2.53. The number of hydrogen-bond donors (Lipinski definition) is 1. The zero-order valence-corrected chi connectivity index (χ0v) is 13.6. The van der Waals surface area contributed by atoms with E-state index in [1.807, 2.05) is 6.92 Å². The van der Waals surface area contributed by atoms with Crippen LogP contribution in [0.4, 0.5) is 0 Å². The molecule has 1 saturated heterocycles. The van der Waals surface area contributed by atoms with Crippen LogP contribution in [0.5, 0.6) is 0 Å². The van der Waals surface area contributed by atoms with Gasteiger partial charge in [0.2, 0.25) is 12.2 Å². The smallest absolute Gasteiger partial charge is 0.304 e. The minimum atomic E-state index is -1.18. The summed E-state index contributed by atoms with van der Waals surface area (Å²) >= 11 is 0. The summed E-state index contributed by atoms with van der Waals surface area (Å²) in [4.78, 5) is 37.9. The second-order valence-electron chi connectivity index (χ2n) is 5.39. The number of oxazole rings is 1. The van der Waals surface area contributed by atoms with E-state index in [1.54, 1.807) is 0 Å². The van der Waals surface area contributed by atoms with Crippen molar-refractivity contribution >= 4 is 17.9 Å². The predicted molar refractivity (Wildman–Crippen MR) is 76.6 cm³/mol. The highest BCUT2D eigenvalue weighted by Gasteiger charge is 2.51. The number of hydrogen-bond acceptors (Lipinski definition) is 8. The molecule has 0 unspecified atom stereocenters. The Hall–Kier alpha value is -2.42. The van der Waals surface area contributed by atoms with Crippen LogP contribution < -0.4 is 0 Å². The van der Waals surface area contributed by atoms with Crippen LogP contribution in [0.15, 0.2) is 10.6 Å². The number of ether oxygens (including phenoxy) is 3. The van der Waals surface area contributed by atoms with Crippen molar-refractivity contribution in [3.63, 3.8) is 0 Å². The minimum absolute atomic E-state index is 0.142. The number of rotatable bonds is 6. The molecule has 1 aliphatic heterocycles. The van der Waals surface area contributed by atoms with Gasteiger partial charge in [-0.1, -0.05) is 6.92 Å². The first-order chi connectivity index (χ1) is 11.3. The average molecular weight is 341 g/mol. The first-order valence-corrected chi connectivity index (χ1v) is 7.48. The molecule has 2 rings (SSSR count). The highest BCUT2D eigenvalue weighted by Crippen LogP contribution is 2.41. The summed E-state index contributed by atoms with van der Waals surface area (Å²) < 4.78 is 21.4. The normalized spacial score (nSPS) is 26.1. The number of carboxylic acid groups (broad SMARTS) is 1. The summed E-state index contributed by atoms with van der Waals surface area (Å²) in [5, 5.41) is 9.10. The van der Waals surface area contributed by atoms with E-state index in [9.17, 15) is 14.4 Å². The van der Waals surface area contributed by atoms with Gasteiger partial charge in [0.15, 0.2) is 6.10 Å². The lowest BCUT2D eigenvalue weighted by atomic mass is 9.96. The third-order valence-electron chi connectivity index (χ3n) is 3.51. The number of nitrogens with zero attached hydrogens (tertiary/aromatic N) is 1. The summed E-state index contributed by atoms with van der Waals surface area (Å²) in [5.41, 5.74) is 0. The Kier molecular flexibility index (Phi) is 5.55. The van der Waals surface area contributed by atoms with Crippen molar-refractivity contribution in [2.45, 2.75) is 52.1 Å². The summed E-state index contributed by atoms with van der Waals surface area (Å²) in [6.45, 7) is 4.25. The van der Waals surface area contributed by atoms with Gasteiger partial charge in [0.25, 0.3) is 0 Å². The van der Waals surface area contributed by atoms with Crippen molar-refractivity contribution in [3.05, 3.63) is 17.8 Å². The molecule has 1 N–H and O–H groups in total. The first kappa shape index (κ1) is 17.9. The molecule has 1 aromatic heterocycles. The monoisotopic (exact) mass is 341 g/mol. The van der Waals surface area contributed by atoms with Gasteiger partial charge < -0.3 is 23.7 Å². The fourth-order valence-corrected chi connectivity index (χ4v) is 2.55. The molecule has 0 aliphatic carbocycles. The van der Waals surface area contributed by atoms with Crippen LogP contribution in [0.3, 0.4) is 0 Å². The predicted octanol–water partition coefficient (Wildman–Crippen LogP) is 1.22. The highest BCUT2D eigenvalue weighted by molar-refractivity contribution is 5.69. The Bertz CT molecular complexity index is 625. The molecule has 4 atom stereocenters. The van der Waals surface area contributed by atoms with Crippen molar-refractivity contribution in [2.24, 2.45) is 5.92 Å². The molecule has 0 spiro atoms. The second kappa shape index (κ2) is 7.43. The number of aryl methyl sites for hydroxylation is 1. The lowest BCUT2D eigenvalue weighted by Gasteiger charge is -2.21. The van der Waals surface area contributed by atoms with Crippen molar-refractivity contribution in [1.29, 1.82) is 0 Å². The third kappa shape index (κ3) is 4.10. The second-order valence-corrected chi connectivity index (χ2v) is 5.39. The van der Waals surface area contributed by atoms with Gasteiger partial charge in [-0.3, -0.25) is 14.4 Å². The van der Waals surface area contributed by atoms with Crippen LogP contribution in [0.2, 0.25) is 0 Å². The molecule has 2 heterocycles. The topological polar surface area (TPSA) is 125 Å². The van der Waals surface area contributed by atoms with E-state index in [0.717, 1.165) is 0 Å². The Morgan fingerprint density at radius 3 is 2.42 bits per heavy atom. The van der Waals surface area contributed by atoms with Crippen molar-refractivity contribution in [2.75, 3.05) is 0 Å². The lowest BCUT2D eigenvalue weighted by Crippen LogP contribution is -2.33. The molecule has 9 heteroatoms. The van der Waals surface area contributed by atoms with Crippen LogP contribution in [0, 0.1) is 5.92 Å². The standard InChI is InChI=1S/C15H19NO8/c1-4-9-6-16-14(23-9)13-12(21-7(2)17)10(5-11(19)20)15(24-13)22-8(3)18/h6,10,12-13,15H,4-5H2,1-3H3,(H,19,20)/t10-,12-,13+,15-/m1/s1. The molecule has 1 aliphatic rings.